The van der Waals surface area contributed by atoms with E-state index in [0.29, 0.717) is 12.8 Å². The van der Waals surface area contributed by atoms with Gasteiger partial charge in [-0.05, 0) is 39.5 Å². The minimum absolute atomic E-state index is 0.154. The molecule has 3 nitrogen and oxygen atoms in total. The molecule has 1 aromatic rings. The van der Waals surface area contributed by atoms with Crippen molar-refractivity contribution in [3.8, 4) is 0 Å². The molecule has 16 heavy (non-hydrogen) atoms. The molecule has 90 valence electrons. The Labute approximate surface area is 101 Å². The molecule has 0 bridgehead atoms. The molecule has 2 unspecified atom stereocenters. The second-order valence-electron chi connectivity index (χ2n) is 5.01. The van der Waals surface area contributed by atoms with Crippen molar-refractivity contribution in [2.45, 2.75) is 57.6 Å². The zero-order valence-corrected chi connectivity index (χ0v) is 10.8. The van der Waals surface area contributed by atoms with E-state index in [1.54, 1.807) is 11.3 Å². The van der Waals surface area contributed by atoms with Gasteiger partial charge >= 0.3 is 0 Å². The zero-order chi connectivity index (χ0) is 11.8. The van der Waals surface area contributed by atoms with Crippen LogP contribution in [0.15, 0.2) is 0 Å². The Morgan fingerprint density at radius 3 is 2.88 bits per heavy atom. The summed E-state index contributed by atoms with van der Waals surface area (Å²) in [5.41, 5.74) is 6.39. The highest BCUT2D eigenvalue weighted by molar-refractivity contribution is 7.11. The number of hydrogen-bond donors (Lipinski definition) is 2. The highest BCUT2D eigenvalue weighted by Gasteiger charge is 2.33. The molecule has 1 aliphatic carbocycles. The van der Waals surface area contributed by atoms with Crippen molar-refractivity contribution in [1.82, 2.24) is 4.98 Å². The van der Waals surface area contributed by atoms with Crippen LogP contribution in [-0.2, 0) is 6.42 Å². The molecule has 1 fully saturated rings. The van der Waals surface area contributed by atoms with Crippen LogP contribution >= 0.6 is 11.3 Å². The summed E-state index contributed by atoms with van der Waals surface area (Å²) in [6, 6.07) is 0.154. The fourth-order valence-corrected chi connectivity index (χ4v) is 3.51. The number of aryl methyl sites for hydroxylation is 2. The third kappa shape index (κ3) is 2.62. The summed E-state index contributed by atoms with van der Waals surface area (Å²) in [5.74, 6) is 0. The lowest BCUT2D eigenvalue weighted by molar-refractivity contribution is -0.00195. The van der Waals surface area contributed by atoms with Crippen molar-refractivity contribution in [3.63, 3.8) is 0 Å². The van der Waals surface area contributed by atoms with E-state index in [9.17, 15) is 5.11 Å². The SMILES string of the molecule is Cc1nc(CC2(O)CCCC(N)C2)sc1C. The van der Waals surface area contributed by atoms with Crippen LogP contribution in [0.1, 0.15) is 41.3 Å². The number of aromatic nitrogens is 1. The van der Waals surface area contributed by atoms with Crippen LogP contribution in [0.3, 0.4) is 0 Å². The van der Waals surface area contributed by atoms with Gasteiger partial charge in [0.05, 0.1) is 16.3 Å². The molecule has 2 rings (SSSR count). The monoisotopic (exact) mass is 240 g/mol. The molecule has 0 aliphatic heterocycles. The number of aliphatic hydroxyl groups is 1. The van der Waals surface area contributed by atoms with Gasteiger partial charge < -0.3 is 10.8 Å². The second-order valence-corrected chi connectivity index (χ2v) is 6.29. The van der Waals surface area contributed by atoms with Crippen molar-refractivity contribution >= 4 is 11.3 Å². The second kappa shape index (κ2) is 4.43. The Morgan fingerprint density at radius 1 is 1.56 bits per heavy atom. The Morgan fingerprint density at radius 2 is 2.31 bits per heavy atom. The van der Waals surface area contributed by atoms with E-state index in [0.717, 1.165) is 30.0 Å². The maximum Gasteiger partial charge on any atom is 0.0959 e. The van der Waals surface area contributed by atoms with Gasteiger partial charge in [-0.3, -0.25) is 0 Å². The topological polar surface area (TPSA) is 59.1 Å². The maximum atomic E-state index is 10.5. The van der Waals surface area contributed by atoms with Gasteiger partial charge in [-0.15, -0.1) is 11.3 Å². The molecule has 1 aliphatic rings. The van der Waals surface area contributed by atoms with Gasteiger partial charge in [-0.2, -0.15) is 0 Å². The van der Waals surface area contributed by atoms with Crippen LogP contribution in [-0.4, -0.2) is 21.7 Å². The normalized spacial score (nSPS) is 30.6. The fraction of sp³-hybridized carbons (Fsp3) is 0.750. The molecule has 0 amide bonds. The van der Waals surface area contributed by atoms with Crippen LogP contribution in [0.5, 0.6) is 0 Å². The summed E-state index contributed by atoms with van der Waals surface area (Å²) in [6.45, 7) is 4.10. The summed E-state index contributed by atoms with van der Waals surface area (Å²) < 4.78 is 0. The first-order valence-corrected chi connectivity index (χ1v) is 6.71. The molecule has 0 spiro atoms. The van der Waals surface area contributed by atoms with Gasteiger partial charge in [0.15, 0.2) is 0 Å². The summed E-state index contributed by atoms with van der Waals surface area (Å²) in [5, 5.41) is 11.5. The predicted molar refractivity (Wildman–Crippen MR) is 66.7 cm³/mol. The smallest absolute Gasteiger partial charge is 0.0959 e. The van der Waals surface area contributed by atoms with E-state index in [1.807, 2.05) is 6.92 Å². The molecule has 3 N–H and O–H groups in total. The van der Waals surface area contributed by atoms with Gasteiger partial charge in [-0.1, -0.05) is 0 Å². The first-order chi connectivity index (χ1) is 7.48. The van der Waals surface area contributed by atoms with E-state index in [1.165, 1.54) is 4.88 Å². The first kappa shape index (κ1) is 12.0. The van der Waals surface area contributed by atoms with Crippen LogP contribution in [0.25, 0.3) is 0 Å². The Balaban J connectivity index is 2.07. The molecular formula is C12H20N2OS. The van der Waals surface area contributed by atoms with Crippen molar-refractivity contribution in [2.75, 3.05) is 0 Å². The minimum Gasteiger partial charge on any atom is -0.389 e. The number of nitrogens with two attached hydrogens (primary N) is 1. The lowest BCUT2D eigenvalue weighted by atomic mass is 9.80. The van der Waals surface area contributed by atoms with E-state index in [4.69, 9.17) is 5.73 Å². The summed E-state index contributed by atoms with van der Waals surface area (Å²) >= 11 is 1.70. The molecule has 0 radical (unpaired) electrons. The Kier molecular flexibility index (Phi) is 3.33. The van der Waals surface area contributed by atoms with Gasteiger partial charge in [0.1, 0.15) is 0 Å². The van der Waals surface area contributed by atoms with Crippen molar-refractivity contribution in [3.05, 3.63) is 15.6 Å². The summed E-state index contributed by atoms with van der Waals surface area (Å²) in [6.07, 6.45) is 4.31. The molecule has 0 aromatic carbocycles. The molecule has 2 atom stereocenters. The predicted octanol–water partition coefficient (Wildman–Crippen LogP) is 1.93. The fourth-order valence-electron chi connectivity index (χ4n) is 2.44. The lowest BCUT2D eigenvalue weighted by Crippen LogP contribution is -2.42. The molecular weight excluding hydrogens is 220 g/mol. The third-order valence-corrected chi connectivity index (χ3v) is 4.49. The molecule has 4 heteroatoms. The lowest BCUT2D eigenvalue weighted by Gasteiger charge is -2.34. The van der Waals surface area contributed by atoms with E-state index in [2.05, 4.69) is 11.9 Å². The average molecular weight is 240 g/mol. The maximum absolute atomic E-state index is 10.5. The van der Waals surface area contributed by atoms with E-state index >= 15 is 0 Å². The van der Waals surface area contributed by atoms with Crippen molar-refractivity contribution < 1.29 is 5.11 Å². The minimum atomic E-state index is -0.617. The average Bonchev–Trinajstić information content (AvgIpc) is 2.43. The van der Waals surface area contributed by atoms with Gasteiger partial charge in [0.25, 0.3) is 0 Å². The number of hydrogen-bond acceptors (Lipinski definition) is 4. The molecule has 0 saturated heterocycles. The highest BCUT2D eigenvalue weighted by Crippen LogP contribution is 2.32. The Bertz CT molecular complexity index is 358. The largest absolute Gasteiger partial charge is 0.389 e. The van der Waals surface area contributed by atoms with Crippen molar-refractivity contribution in [1.29, 1.82) is 0 Å². The standard InChI is InChI=1S/C12H20N2OS/c1-8-9(2)16-11(14-8)7-12(15)5-3-4-10(13)6-12/h10,15H,3-7,13H2,1-2H3. The van der Waals surface area contributed by atoms with Crippen LogP contribution in [0, 0.1) is 13.8 Å². The van der Waals surface area contributed by atoms with E-state index < -0.39 is 5.60 Å². The van der Waals surface area contributed by atoms with E-state index in [-0.39, 0.29) is 6.04 Å². The molecule has 1 heterocycles. The van der Waals surface area contributed by atoms with Crippen molar-refractivity contribution in [2.24, 2.45) is 5.73 Å². The zero-order valence-electron chi connectivity index (χ0n) is 9.99. The number of rotatable bonds is 2. The molecule has 1 aromatic heterocycles. The van der Waals surface area contributed by atoms with Crippen LogP contribution in [0.4, 0.5) is 0 Å². The van der Waals surface area contributed by atoms with Gasteiger partial charge in [-0.25, -0.2) is 4.98 Å². The summed E-state index contributed by atoms with van der Waals surface area (Å²) in [4.78, 5) is 5.74. The van der Waals surface area contributed by atoms with Crippen LogP contribution < -0.4 is 5.73 Å². The van der Waals surface area contributed by atoms with Gasteiger partial charge in [0.2, 0.25) is 0 Å². The third-order valence-electron chi connectivity index (χ3n) is 3.41. The number of nitrogens with zero attached hydrogens (tertiary/aromatic N) is 1. The Hall–Kier alpha value is -0.450. The number of thiazole rings is 1. The van der Waals surface area contributed by atoms with Crippen LogP contribution in [0.2, 0.25) is 0 Å². The summed E-state index contributed by atoms with van der Waals surface area (Å²) in [7, 11) is 0. The molecule has 1 saturated carbocycles. The highest BCUT2D eigenvalue weighted by atomic mass is 32.1. The van der Waals surface area contributed by atoms with Gasteiger partial charge in [0, 0.05) is 17.3 Å². The first-order valence-electron chi connectivity index (χ1n) is 5.89. The quantitative estimate of drug-likeness (QED) is 0.830.